The van der Waals surface area contributed by atoms with Crippen molar-refractivity contribution in [1.82, 2.24) is 20.9 Å². The molecule has 2 aromatic rings. The van der Waals surface area contributed by atoms with Crippen LogP contribution in [0.1, 0.15) is 53.0 Å². The highest BCUT2D eigenvalue weighted by atomic mass is 16.4. The maximum absolute atomic E-state index is 13.4. The second-order valence-electron chi connectivity index (χ2n) is 10.6. The van der Waals surface area contributed by atoms with Crippen LogP contribution in [0.3, 0.4) is 0 Å². The minimum absolute atomic E-state index is 0.0416. The molecular weight excluding hydrogens is 490 g/mol. The van der Waals surface area contributed by atoms with Crippen molar-refractivity contribution in [1.29, 1.82) is 0 Å². The largest absolute Gasteiger partial charge is 0.480 e. The van der Waals surface area contributed by atoms with Crippen LogP contribution in [0.4, 0.5) is 0 Å². The van der Waals surface area contributed by atoms with Crippen molar-refractivity contribution in [3.63, 3.8) is 0 Å². The maximum Gasteiger partial charge on any atom is 0.328 e. The van der Waals surface area contributed by atoms with Gasteiger partial charge in [-0.25, -0.2) is 4.79 Å². The van der Waals surface area contributed by atoms with E-state index in [1.807, 2.05) is 52.0 Å². The molecule has 1 heterocycles. The predicted molar refractivity (Wildman–Crippen MR) is 144 cm³/mol. The summed E-state index contributed by atoms with van der Waals surface area (Å²) in [5.41, 5.74) is 7.58. The molecule has 3 amide bonds. The first kappa shape index (κ1) is 30.8. The number of para-hydroxylation sites is 1. The Morgan fingerprint density at radius 3 is 2.03 bits per heavy atom. The zero-order valence-electron chi connectivity index (χ0n) is 22.7. The van der Waals surface area contributed by atoms with E-state index in [1.165, 1.54) is 6.92 Å². The summed E-state index contributed by atoms with van der Waals surface area (Å²) in [6.45, 7) is 8.93. The summed E-state index contributed by atoms with van der Waals surface area (Å²) in [7, 11) is 0. The Labute approximate surface area is 222 Å². The molecule has 210 valence electrons. The summed E-state index contributed by atoms with van der Waals surface area (Å²) in [5, 5.41) is 27.9. The van der Waals surface area contributed by atoms with Gasteiger partial charge in [0.15, 0.2) is 6.04 Å². The third-order valence-electron chi connectivity index (χ3n) is 6.18. The molecule has 0 saturated heterocycles. The molecule has 0 aliphatic rings. The van der Waals surface area contributed by atoms with Crippen LogP contribution in [0.5, 0.6) is 0 Å². The van der Waals surface area contributed by atoms with Crippen LogP contribution < -0.4 is 21.7 Å². The first-order chi connectivity index (χ1) is 17.8. The SMILES string of the molecule is CC(C)CC(N)C(=O)NC(CC(C)C)C(=O)NC(Cc1c[nH]c2ccccc12)C(=O)NC(C(=O)O)C(C)O. The number of carbonyl (C=O) groups excluding carboxylic acids is 3. The van der Waals surface area contributed by atoms with Gasteiger partial charge in [0.2, 0.25) is 17.7 Å². The number of benzene rings is 1. The van der Waals surface area contributed by atoms with Crippen molar-refractivity contribution in [2.75, 3.05) is 0 Å². The van der Waals surface area contributed by atoms with Crippen molar-refractivity contribution in [3.8, 4) is 0 Å². The number of rotatable bonds is 14. The minimum Gasteiger partial charge on any atom is -0.480 e. The number of nitrogens with two attached hydrogens (primary N) is 1. The van der Waals surface area contributed by atoms with Crippen molar-refractivity contribution in [2.45, 2.75) is 84.2 Å². The zero-order chi connectivity index (χ0) is 28.6. The maximum atomic E-state index is 13.4. The van der Waals surface area contributed by atoms with E-state index >= 15 is 0 Å². The fourth-order valence-corrected chi connectivity index (χ4v) is 4.24. The number of carboxylic acids is 1. The molecule has 1 aromatic carbocycles. The zero-order valence-corrected chi connectivity index (χ0v) is 22.7. The van der Waals surface area contributed by atoms with Gasteiger partial charge in [0, 0.05) is 23.5 Å². The van der Waals surface area contributed by atoms with Gasteiger partial charge in [0.05, 0.1) is 12.1 Å². The van der Waals surface area contributed by atoms with Crippen LogP contribution in [0.15, 0.2) is 30.5 Å². The number of aromatic amines is 1. The van der Waals surface area contributed by atoms with Gasteiger partial charge in [-0.3, -0.25) is 14.4 Å². The Bertz CT molecular complexity index is 1110. The van der Waals surface area contributed by atoms with Crippen LogP contribution in [-0.4, -0.2) is 69.2 Å². The smallest absolute Gasteiger partial charge is 0.328 e. The summed E-state index contributed by atoms with van der Waals surface area (Å²) in [6, 6.07) is 2.95. The molecule has 0 aliphatic carbocycles. The van der Waals surface area contributed by atoms with Gasteiger partial charge in [-0.15, -0.1) is 0 Å². The van der Waals surface area contributed by atoms with Gasteiger partial charge < -0.3 is 36.9 Å². The van der Waals surface area contributed by atoms with Gasteiger partial charge in [-0.2, -0.15) is 0 Å². The standard InChI is InChI=1S/C27H41N5O6/c1-14(2)10-19(28)24(34)30-21(11-15(3)4)25(35)31-22(26(36)32-23(16(5)33)27(37)38)12-17-13-29-20-9-7-6-8-18(17)20/h6-9,13-16,19,21-23,29,33H,10-12,28H2,1-5H3,(H,30,34)(H,31,35)(H,32,36)(H,37,38). The quantitative estimate of drug-likeness (QED) is 0.190. The molecule has 38 heavy (non-hydrogen) atoms. The number of hydrogen-bond donors (Lipinski definition) is 7. The van der Waals surface area contributed by atoms with Gasteiger partial charge in [-0.05, 0) is 43.2 Å². The predicted octanol–water partition coefficient (Wildman–Crippen LogP) is 1.05. The molecule has 0 bridgehead atoms. The van der Waals surface area contributed by atoms with E-state index in [-0.39, 0.29) is 18.3 Å². The minimum atomic E-state index is -1.56. The van der Waals surface area contributed by atoms with E-state index in [9.17, 15) is 29.4 Å². The van der Waals surface area contributed by atoms with Crippen molar-refractivity contribution in [3.05, 3.63) is 36.0 Å². The fraction of sp³-hybridized carbons (Fsp3) is 0.556. The number of aromatic nitrogens is 1. The number of carboxylic acid groups (broad SMARTS) is 1. The molecule has 0 fully saturated rings. The molecule has 5 atom stereocenters. The lowest BCUT2D eigenvalue weighted by Crippen LogP contribution is -2.59. The molecule has 11 nitrogen and oxygen atoms in total. The lowest BCUT2D eigenvalue weighted by atomic mass is 9.99. The van der Waals surface area contributed by atoms with E-state index in [4.69, 9.17) is 5.73 Å². The van der Waals surface area contributed by atoms with E-state index in [2.05, 4.69) is 20.9 Å². The Morgan fingerprint density at radius 2 is 1.45 bits per heavy atom. The normalized spacial score (nSPS) is 15.5. The monoisotopic (exact) mass is 531 g/mol. The highest BCUT2D eigenvalue weighted by molar-refractivity contribution is 5.95. The number of fused-ring (bicyclic) bond motifs is 1. The summed E-state index contributed by atoms with van der Waals surface area (Å²) < 4.78 is 0. The molecule has 8 N–H and O–H groups in total. The number of carbonyl (C=O) groups is 4. The van der Waals surface area contributed by atoms with Crippen LogP contribution in [0.25, 0.3) is 10.9 Å². The average Bonchev–Trinajstić information content (AvgIpc) is 3.23. The summed E-state index contributed by atoms with van der Waals surface area (Å²) in [5.74, 6) is -3.00. The second-order valence-corrected chi connectivity index (χ2v) is 10.6. The first-order valence-corrected chi connectivity index (χ1v) is 12.9. The third-order valence-corrected chi connectivity index (χ3v) is 6.18. The van der Waals surface area contributed by atoms with Gasteiger partial charge in [0.25, 0.3) is 0 Å². The summed E-state index contributed by atoms with van der Waals surface area (Å²) in [6.07, 6.45) is 1.15. The first-order valence-electron chi connectivity index (χ1n) is 12.9. The van der Waals surface area contributed by atoms with Crippen LogP contribution in [-0.2, 0) is 25.6 Å². The number of aliphatic hydroxyl groups is 1. The number of H-pyrrole nitrogens is 1. The number of aliphatic carboxylic acids is 1. The second kappa shape index (κ2) is 13.9. The Kier molecular flexibility index (Phi) is 11.3. The molecule has 0 radical (unpaired) electrons. The third kappa shape index (κ3) is 8.84. The van der Waals surface area contributed by atoms with Crippen molar-refractivity contribution in [2.24, 2.45) is 17.6 Å². The molecule has 2 rings (SSSR count). The number of hydrogen-bond acceptors (Lipinski definition) is 6. The summed E-state index contributed by atoms with van der Waals surface area (Å²) in [4.78, 5) is 54.0. The van der Waals surface area contributed by atoms with Crippen LogP contribution in [0, 0.1) is 11.8 Å². The topological polar surface area (TPSA) is 187 Å². The Morgan fingerprint density at radius 1 is 0.868 bits per heavy atom. The lowest BCUT2D eigenvalue weighted by Gasteiger charge is -2.26. The van der Waals surface area contributed by atoms with E-state index < -0.39 is 54.0 Å². The number of nitrogens with one attached hydrogen (secondary N) is 4. The highest BCUT2D eigenvalue weighted by Crippen LogP contribution is 2.19. The van der Waals surface area contributed by atoms with E-state index in [1.54, 1.807) is 6.20 Å². The molecule has 0 aliphatic heterocycles. The van der Waals surface area contributed by atoms with E-state index in [0.29, 0.717) is 12.8 Å². The Hall–Kier alpha value is -3.44. The molecule has 5 unspecified atom stereocenters. The van der Waals surface area contributed by atoms with Crippen molar-refractivity contribution >= 4 is 34.6 Å². The fourth-order valence-electron chi connectivity index (χ4n) is 4.24. The lowest BCUT2D eigenvalue weighted by molar-refractivity contribution is -0.145. The molecule has 11 heteroatoms. The van der Waals surface area contributed by atoms with E-state index in [0.717, 1.165) is 16.5 Å². The van der Waals surface area contributed by atoms with Gasteiger partial charge in [-0.1, -0.05) is 45.9 Å². The molecular formula is C27H41N5O6. The molecule has 0 spiro atoms. The summed E-state index contributed by atoms with van der Waals surface area (Å²) >= 11 is 0. The molecule has 0 saturated carbocycles. The van der Waals surface area contributed by atoms with Crippen LogP contribution in [0.2, 0.25) is 0 Å². The average molecular weight is 532 g/mol. The van der Waals surface area contributed by atoms with Crippen molar-refractivity contribution < 1.29 is 29.4 Å². The highest BCUT2D eigenvalue weighted by Gasteiger charge is 2.32. The van der Waals surface area contributed by atoms with Crippen LogP contribution >= 0.6 is 0 Å². The molecule has 1 aromatic heterocycles. The number of aliphatic hydroxyl groups excluding tert-OH is 1. The Balaban J connectivity index is 2.32. The van der Waals surface area contributed by atoms with Gasteiger partial charge in [0.1, 0.15) is 12.1 Å². The van der Waals surface area contributed by atoms with Gasteiger partial charge >= 0.3 is 5.97 Å². The number of amides is 3.